The molecule has 36 heavy (non-hydrogen) atoms. The first kappa shape index (κ1) is 40.7. The van der Waals surface area contributed by atoms with Gasteiger partial charge in [0.25, 0.3) is 0 Å². The number of carbonyl (C=O) groups excluding carboxylic acids is 1. The van der Waals surface area contributed by atoms with E-state index in [9.17, 15) is 4.79 Å². The van der Waals surface area contributed by atoms with Crippen molar-refractivity contribution >= 4 is 102 Å². The van der Waals surface area contributed by atoms with Crippen molar-refractivity contribution in [3.8, 4) is 0 Å². The van der Waals surface area contributed by atoms with Gasteiger partial charge in [-0.25, -0.2) is 19.2 Å². The Balaban J connectivity index is -0.000000183. The zero-order valence-electron chi connectivity index (χ0n) is 21.2. The van der Waals surface area contributed by atoms with Gasteiger partial charge >= 0.3 is 29.6 Å². The molecule has 0 saturated carbocycles. The van der Waals surface area contributed by atoms with Crippen LogP contribution in [0.4, 0.5) is 0 Å². The molecule has 4 aromatic heterocycles. The maximum absolute atomic E-state index is 9.97. The number of nitrogens with zero attached hydrogens (tertiary/aromatic N) is 4. The summed E-state index contributed by atoms with van der Waals surface area (Å²) >= 11 is 11.6. The third kappa shape index (κ3) is 23.4. The van der Waals surface area contributed by atoms with Gasteiger partial charge < -0.3 is 6.53 Å². The van der Waals surface area contributed by atoms with E-state index < -0.39 is 9.23 Å². The first-order valence-electron chi connectivity index (χ1n) is 9.06. The van der Waals surface area contributed by atoms with E-state index in [0.717, 1.165) is 39.1 Å². The molecule has 0 fully saturated rings. The molecular weight excluding hydrogens is 633 g/mol. The molecule has 0 atom stereocenters. The van der Waals surface area contributed by atoms with E-state index in [0.29, 0.717) is 10.9 Å². The molecule has 193 valence electrons. The Morgan fingerprint density at radius 1 is 0.917 bits per heavy atom. The molecule has 0 amide bonds. The van der Waals surface area contributed by atoms with Crippen molar-refractivity contribution in [2.75, 3.05) is 0 Å². The van der Waals surface area contributed by atoms with Crippen LogP contribution in [-0.2, 0) is 21.7 Å². The van der Waals surface area contributed by atoms with Crippen molar-refractivity contribution in [2.45, 2.75) is 40.2 Å². The molecule has 0 aromatic carbocycles. The number of hydrogen-bond acceptors (Lipinski definition) is 11. The number of aromatic nitrogens is 4. The molecule has 17 heteroatoms. The normalized spacial score (nSPS) is 8.81. The van der Waals surface area contributed by atoms with E-state index in [2.05, 4.69) is 41.3 Å². The van der Waals surface area contributed by atoms with E-state index in [-0.39, 0.29) is 46.0 Å². The van der Waals surface area contributed by atoms with Gasteiger partial charge in [0.2, 0.25) is 9.23 Å². The Morgan fingerprint density at radius 3 is 1.56 bits per heavy atom. The first-order chi connectivity index (χ1) is 16.1. The van der Waals surface area contributed by atoms with Gasteiger partial charge in [0, 0.05) is 74.1 Å². The van der Waals surface area contributed by atoms with E-state index in [1.165, 1.54) is 22.7 Å². The van der Waals surface area contributed by atoms with Crippen LogP contribution in [0, 0.1) is 27.7 Å². The number of aryl methyl sites for hydroxylation is 4. The van der Waals surface area contributed by atoms with Crippen LogP contribution in [0.3, 0.4) is 0 Å². The monoisotopic (exact) mass is 655 g/mol. The third-order valence-corrected chi connectivity index (χ3v) is 6.80. The first-order valence-corrected chi connectivity index (χ1v) is 16.0. The van der Waals surface area contributed by atoms with Crippen molar-refractivity contribution in [2.24, 2.45) is 0 Å². The minimum absolute atomic E-state index is 0. The molecule has 0 spiro atoms. The van der Waals surface area contributed by atoms with Crippen molar-refractivity contribution in [1.82, 2.24) is 19.9 Å². The van der Waals surface area contributed by atoms with Gasteiger partial charge in [0.15, 0.2) is 11.3 Å². The van der Waals surface area contributed by atoms with Gasteiger partial charge in [-0.2, -0.15) is 0 Å². The molecule has 4 aromatic rings. The van der Waals surface area contributed by atoms with Crippen molar-refractivity contribution in [3.63, 3.8) is 0 Å². The Morgan fingerprint density at radius 2 is 1.39 bits per heavy atom. The number of hydrogen-bond donors (Lipinski definition) is 1. The topological polar surface area (TPSA) is 106 Å². The Hall–Kier alpha value is 0.235. The van der Waals surface area contributed by atoms with E-state index in [1.807, 2.05) is 54.7 Å². The summed E-state index contributed by atoms with van der Waals surface area (Å²) in [6.07, 6.45) is 0.762. The van der Waals surface area contributed by atoms with Crippen LogP contribution in [0.1, 0.15) is 44.0 Å². The van der Waals surface area contributed by atoms with Gasteiger partial charge in [-0.3, -0.25) is 9.78 Å². The second kappa shape index (κ2) is 25.5. The van der Waals surface area contributed by atoms with Gasteiger partial charge in [-0.1, -0.05) is 0 Å². The summed E-state index contributed by atoms with van der Waals surface area (Å²) in [4.78, 5) is 25.9. The number of alkyl halides is 1. The molecule has 0 unspecified atom stereocenters. The fraction of sp³-hybridized carbons (Fsp3) is 0.316. The molecule has 1 N–H and O–H groups in total. The molecule has 0 aliphatic rings. The number of halogens is 3. The Kier molecular flexibility index (Phi) is 28.9. The van der Waals surface area contributed by atoms with Crippen LogP contribution in [0.15, 0.2) is 27.0 Å². The average molecular weight is 657 g/mol. The van der Waals surface area contributed by atoms with Crippen LogP contribution in [0.2, 0.25) is 0 Å². The molecular formula is C19H24BCl3N4NaO3S5. The van der Waals surface area contributed by atoms with Gasteiger partial charge in [0.1, 0.15) is 10.0 Å². The van der Waals surface area contributed by atoms with Gasteiger partial charge in [0.05, 0.1) is 18.0 Å². The quantitative estimate of drug-likeness (QED) is 0.155. The average Bonchev–Trinajstić information content (AvgIpc) is 3.59. The predicted molar refractivity (Wildman–Crippen MR) is 155 cm³/mol. The minimum Gasteiger partial charge on any atom is -1.00 e. The molecule has 4 rings (SSSR count). The van der Waals surface area contributed by atoms with Gasteiger partial charge in [-0.05, 0) is 27.7 Å². The van der Waals surface area contributed by atoms with Crippen LogP contribution < -0.4 is 29.6 Å². The zero-order chi connectivity index (χ0) is 25.9. The Bertz CT molecular complexity index is 1050. The largest absolute Gasteiger partial charge is 1.00 e. The van der Waals surface area contributed by atoms with Crippen LogP contribution in [-0.4, -0.2) is 44.0 Å². The van der Waals surface area contributed by atoms with Crippen molar-refractivity contribution in [3.05, 3.63) is 64.8 Å². The number of aldehydes is 1. The summed E-state index contributed by atoms with van der Waals surface area (Å²) in [6.45, 7) is 7.79. The summed E-state index contributed by atoms with van der Waals surface area (Å²) in [7, 11) is 7.36. The predicted octanol–water partition coefficient (Wildman–Crippen LogP) is 3.63. The fourth-order valence-corrected chi connectivity index (χ4v) is 4.28. The number of aliphatic hydroxyl groups is 1. The van der Waals surface area contributed by atoms with E-state index in [1.54, 1.807) is 22.7 Å². The van der Waals surface area contributed by atoms with Gasteiger partial charge in [-0.15, -0.1) is 56.9 Å². The van der Waals surface area contributed by atoms with Crippen LogP contribution >= 0.6 is 78.3 Å². The standard InChI is InChI=1S/C5H6ClNS.C5H7NOS.C5H5NOS.C4H5NS.B.Cl2OS.Na.H/c1-4-3-8-5(2-6)7-4;2*1-4-3-8-5(2-7)6-4;1-4-2-6-3-5-4;;1-4(2)3;;/h3H,2H2,1H3;3,7H,2H2,1H3;2-3H,1H3;2-3H,1H3;;;;/q;;;;;;+1;-1. The fourth-order valence-electron chi connectivity index (χ4n) is 1.64. The summed E-state index contributed by atoms with van der Waals surface area (Å²) in [5, 5.41) is 18.6. The molecule has 0 aliphatic heterocycles. The zero-order valence-corrected chi connectivity index (χ0v) is 28.5. The smallest absolute Gasteiger partial charge is 1.00 e. The van der Waals surface area contributed by atoms with Crippen LogP contribution in [0.25, 0.3) is 0 Å². The molecule has 3 radical (unpaired) electrons. The number of carbonyl (C=O) groups is 1. The second-order valence-electron chi connectivity index (χ2n) is 5.82. The number of thiazole rings is 4. The SMILES string of the molecule is Cc1csc(C=O)n1.Cc1csc(CCl)n1.Cc1csc(CO)n1.Cc1cscn1.O=S(Cl)Cl.[B].[H-].[Na+]. The maximum Gasteiger partial charge on any atom is 1.00 e. The van der Waals surface area contributed by atoms with E-state index in [4.69, 9.17) is 20.9 Å². The molecule has 0 saturated heterocycles. The Labute approximate surface area is 269 Å². The summed E-state index contributed by atoms with van der Waals surface area (Å²) in [5.74, 6) is 0.540. The van der Waals surface area contributed by atoms with Crippen LogP contribution in [0.5, 0.6) is 0 Å². The summed E-state index contributed by atoms with van der Waals surface area (Å²) < 4.78 is 9.09. The van der Waals surface area contributed by atoms with Crippen molar-refractivity contribution in [1.29, 1.82) is 0 Å². The number of rotatable bonds is 3. The molecule has 0 bridgehead atoms. The summed E-state index contributed by atoms with van der Waals surface area (Å²) in [6, 6.07) is 0. The maximum atomic E-state index is 9.97. The molecule has 7 nitrogen and oxygen atoms in total. The third-order valence-electron chi connectivity index (χ3n) is 2.88. The minimum atomic E-state index is -1.67. The molecule has 4 heterocycles. The van der Waals surface area contributed by atoms with Crippen molar-refractivity contribution < 1.29 is 45.1 Å². The second-order valence-corrected chi connectivity index (χ2v) is 12.1. The summed E-state index contributed by atoms with van der Waals surface area (Å²) in [5.41, 5.74) is 5.90. The van der Waals surface area contributed by atoms with E-state index >= 15 is 0 Å². The number of aliphatic hydroxyl groups excluding tert-OH is 1. The molecule has 0 aliphatic carbocycles.